The minimum atomic E-state index is -0.312. The first kappa shape index (κ1) is 24.0. The molecule has 1 heterocycles. The first-order chi connectivity index (χ1) is 16.8. The predicted octanol–water partition coefficient (Wildman–Crippen LogP) is 6.23. The highest BCUT2D eigenvalue weighted by Crippen LogP contribution is 2.27. The van der Waals surface area contributed by atoms with Crippen LogP contribution >= 0.6 is 0 Å². The second kappa shape index (κ2) is 12.9. The maximum Gasteiger partial charge on any atom is 0.150 e. The molecular weight excluding hydrogens is 424 g/mol. The topological polar surface area (TPSA) is 36.9 Å². The Balaban J connectivity index is 1.48. The second-order valence-corrected chi connectivity index (χ2v) is 8.31. The Bertz CT molecular complexity index is 1020. The summed E-state index contributed by atoms with van der Waals surface area (Å²) in [6, 6.07) is 30.5. The van der Waals surface area contributed by atoms with Gasteiger partial charge in [0.15, 0.2) is 6.10 Å². The highest BCUT2D eigenvalue weighted by molar-refractivity contribution is 5.17. The fraction of sp³-hybridized carbons (Fsp3) is 0.267. The van der Waals surface area contributed by atoms with Crippen LogP contribution in [0, 0.1) is 0 Å². The Morgan fingerprint density at radius 2 is 1.24 bits per heavy atom. The number of allylic oxidation sites excluding steroid dienone is 1. The van der Waals surface area contributed by atoms with Crippen LogP contribution in [-0.2, 0) is 38.8 Å². The molecule has 3 atom stereocenters. The van der Waals surface area contributed by atoms with E-state index in [2.05, 4.69) is 43.0 Å². The lowest BCUT2D eigenvalue weighted by Crippen LogP contribution is -2.47. The standard InChI is InChI=1S/C30H32O4/c1-2-12-27-19-28(32-21-25-15-8-4-9-16-25)30(33-22-26-17-10-5-11-18-26)29(34-27)23-31-20-24-13-6-3-7-14-24/h2-11,13-19,28-30H,1,12,20-23H2/t28-,29-,30+/m1/s1. The number of benzene rings is 3. The molecule has 1 aliphatic heterocycles. The van der Waals surface area contributed by atoms with E-state index in [-0.39, 0.29) is 18.3 Å². The van der Waals surface area contributed by atoms with Crippen molar-refractivity contribution in [1.82, 2.24) is 0 Å². The fourth-order valence-corrected chi connectivity index (χ4v) is 3.92. The van der Waals surface area contributed by atoms with Crippen LogP contribution in [0.4, 0.5) is 0 Å². The van der Waals surface area contributed by atoms with Crippen molar-refractivity contribution in [2.45, 2.75) is 44.6 Å². The van der Waals surface area contributed by atoms with Crippen molar-refractivity contribution in [3.63, 3.8) is 0 Å². The lowest BCUT2D eigenvalue weighted by atomic mass is 10.0. The summed E-state index contributed by atoms with van der Waals surface area (Å²) in [7, 11) is 0. The molecule has 34 heavy (non-hydrogen) atoms. The average molecular weight is 457 g/mol. The van der Waals surface area contributed by atoms with Gasteiger partial charge in [0.05, 0.1) is 32.2 Å². The van der Waals surface area contributed by atoms with E-state index in [0.29, 0.717) is 32.8 Å². The molecule has 4 nitrogen and oxygen atoms in total. The van der Waals surface area contributed by atoms with Crippen LogP contribution < -0.4 is 0 Å². The summed E-state index contributed by atoms with van der Waals surface area (Å²) in [6.45, 7) is 5.75. The minimum absolute atomic E-state index is 0.266. The van der Waals surface area contributed by atoms with Gasteiger partial charge >= 0.3 is 0 Å². The van der Waals surface area contributed by atoms with Crippen LogP contribution in [0.15, 0.2) is 115 Å². The molecule has 0 bridgehead atoms. The van der Waals surface area contributed by atoms with E-state index in [9.17, 15) is 0 Å². The van der Waals surface area contributed by atoms with E-state index >= 15 is 0 Å². The van der Waals surface area contributed by atoms with Gasteiger partial charge in [-0.3, -0.25) is 0 Å². The lowest BCUT2D eigenvalue weighted by Gasteiger charge is -2.37. The molecule has 3 aromatic carbocycles. The second-order valence-electron chi connectivity index (χ2n) is 8.31. The molecule has 0 aliphatic carbocycles. The third-order valence-corrected chi connectivity index (χ3v) is 5.65. The van der Waals surface area contributed by atoms with Crippen molar-refractivity contribution < 1.29 is 18.9 Å². The maximum absolute atomic E-state index is 6.41. The van der Waals surface area contributed by atoms with E-state index in [4.69, 9.17) is 18.9 Å². The molecule has 3 aromatic rings. The van der Waals surface area contributed by atoms with Crippen molar-refractivity contribution in [2.75, 3.05) is 6.61 Å². The number of hydrogen-bond acceptors (Lipinski definition) is 4. The zero-order valence-corrected chi connectivity index (χ0v) is 19.4. The molecule has 0 saturated carbocycles. The highest BCUT2D eigenvalue weighted by atomic mass is 16.6. The van der Waals surface area contributed by atoms with E-state index < -0.39 is 0 Å². The van der Waals surface area contributed by atoms with Crippen LogP contribution in [-0.4, -0.2) is 24.9 Å². The summed E-state index contributed by atoms with van der Waals surface area (Å²) >= 11 is 0. The highest BCUT2D eigenvalue weighted by Gasteiger charge is 2.36. The van der Waals surface area contributed by atoms with Crippen LogP contribution in [0.5, 0.6) is 0 Å². The largest absolute Gasteiger partial charge is 0.489 e. The average Bonchev–Trinajstić information content (AvgIpc) is 2.89. The Morgan fingerprint density at radius 3 is 1.79 bits per heavy atom. The summed E-state index contributed by atoms with van der Waals surface area (Å²) in [6.07, 6.45) is 3.62. The van der Waals surface area contributed by atoms with Crippen LogP contribution in [0.2, 0.25) is 0 Å². The third kappa shape index (κ3) is 7.16. The van der Waals surface area contributed by atoms with Crippen molar-refractivity contribution in [3.8, 4) is 0 Å². The smallest absolute Gasteiger partial charge is 0.150 e. The van der Waals surface area contributed by atoms with Gasteiger partial charge in [-0.1, -0.05) is 97.1 Å². The normalized spacial score (nSPS) is 19.8. The van der Waals surface area contributed by atoms with E-state index in [1.807, 2.05) is 66.7 Å². The molecule has 0 aromatic heterocycles. The molecule has 0 radical (unpaired) electrons. The molecule has 0 spiro atoms. The summed E-state index contributed by atoms with van der Waals surface area (Å²) in [4.78, 5) is 0. The molecule has 176 valence electrons. The molecule has 0 unspecified atom stereocenters. The quantitative estimate of drug-likeness (QED) is 0.303. The van der Waals surface area contributed by atoms with Crippen LogP contribution in [0.1, 0.15) is 23.1 Å². The third-order valence-electron chi connectivity index (χ3n) is 5.65. The summed E-state index contributed by atoms with van der Waals surface area (Å²) in [5.41, 5.74) is 3.35. The van der Waals surface area contributed by atoms with Gasteiger partial charge in [-0.2, -0.15) is 0 Å². The Labute approximate surface area is 202 Å². The van der Waals surface area contributed by atoms with Gasteiger partial charge in [0.25, 0.3) is 0 Å². The van der Waals surface area contributed by atoms with Gasteiger partial charge in [-0.25, -0.2) is 0 Å². The molecule has 0 amide bonds. The van der Waals surface area contributed by atoms with Gasteiger partial charge in [0.2, 0.25) is 0 Å². The van der Waals surface area contributed by atoms with Crippen molar-refractivity contribution in [2.24, 2.45) is 0 Å². The first-order valence-corrected chi connectivity index (χ1v) is 11.7. The molecule has 4 heteroatoms. The molecule has 0 saturated heterocycles. The van der Waals surface area contributed by atoms with Crippen LogP contribution in [0.3, 0.4) is 0 Å². The Morgan fingerprint density at radius 1 is 0.706 bits per heavy atom. The molecule has 0 fully saturated rings. The zero-order valence-electron chi connectivity index (χ0n) is 19.4. The monoisotopic (exact) mass is 456 g/mol. The van der Waals surface area contributed by atoms with Crippen molar-refractivity contribution >= 4 is 0 Å². The SMILES string of the molecule is C=CCC1=C[C@@H](OCc2ccccc2)[C@H](OCc2ccccc2)[C@@H](COCc2ccccc2)O1. The molecule has 0 N–H and O–H groups in total. The predicted molar refractivity (Wildman–Crippen MR) is 134 cm³/mol. The minimum Gasteiger partial charge on any atom is -0.489 e. The number of ether oxygens (including phenoxy) is 4. The van der Waals surface area contributed by atoms with Gasteiger partial charge in [-0.05, 0) is 22.8 Å². The lowest BCUT2D eigenvalue weighted by molar-refractivity contribution is -0.154. The Hall–Kier alpha value is -3.18. The van der Waals surface area contributed by atoms with E-state index in [1.165, 1.54) is 0 Å². The van der Waals surface area contributed by atoms with E-state index in [1.54, 1.807) is 0 Å². The summed E-state index contributed by atoms with van der Waals surface area (Å²) in [5, 5.41) is 0. The van der Waals surface area contributed by atoms with Gasteiger partial charge in [0.1, 0.15) is 12.2 Å². The number of rotatable bonds is 12. The van der Waals surface area contributed by atoms with Crippen molar-refractivity contribution in [1.29, 1.82) is 0 Å². The Kier molecular flexibility index (Phi) is 9.09. The first-order valence-electron chi connectivity index (χ1n) is 11.7. The molecular formula is C30H32O4. The van der Waals surface area contributed by atoms with Crippen molar-refractivity contribution in [3.05, 3.63) is 132 Å². The van der Waals surface area contributed by atoms with Gasteiger partial charge < -0.3 is 18.9 Å². The maximum atomic E-state index is 6.41. The van der Waals surface area contributed by atoms with E-state index in [0.717, 1.165) is 22.4 Å². The van der Waals surface area contributed by atoms with Crippen LogP contribution in [0.25, 0.3) is 0 Å². The zero-order chi connectivity index (χ0) is 23.4. The molecule has 1 aliphatic rings. The summed E-state index contributed by atoms with van der Waals surface area (Å²) < 4.78 is 25.2. The van der Waals surface area contributed by atoms with Gasteiger partial charge in [-0.15, -0.1) is 6.58 Å². The summed E-state index contributed by atoms with van der Waals surface area (Å²) in [5.74, 6) is 0.834. The number of hydrogen-bond donors (Lipinski definition) is 0. The molecule has 4 rings (SSSR count). The fourth-order valence-electron chi connectivity index (χ4n) is 3.92. The van der Waals surface area contributed by atoms with Gasteiger partial charge in [0, 0.05) is 6.42 Å².